The third-order valence-electron chi connectivity index (χ3n) is 4.45. The zero-order valence-electron chi connectivity index (χ0n) is 14.7. The summed E-state index contributed by atoms with van der Waals surface area (Å²) in [6, 6.07) is 18.4. The minimum absolute atomic E-state index is 0.303. The molecular formula is C20H26N2O2S. The van der Waals surface area contributed by atoms with Crippen LogP contribution in [0.25, 0.3) is 0 Å². The predicted molar refractivity (Wildman–Crippen MR) is 105 cm³/mol. The first-order valence-corrected chi connectivity index (χ1v) is 9.71. The van der Waals surface area contributed by atoms with E-state index < -0.39 is 0 Å². The lowest BCUT2D eigenvalue weighted by atomic mass is 10.2. The molecule has 2 aromatic carbocycles. The zero-order chi connectivity index (χ0) is 17.5. The summed E-state index contributed by atoms with van der Waals surface area (Å²) in [6.07, 6.45) is -0.303. The third kappa shape index (κ3) is 5.14. The molecule has 1 aliphatic rings. The van der Waals surface area contributed by atoms with Crippen LogP contribution in [-0.4, -0.2) is 61.7 Å². The van der Waals surface area contributed by atoms with Crippen molar-refractivity contribution in [3.05, 3.63) is 54.6 Å². The Hall–Kier alpha value is -1.69. The van der Waals surface area contributed by atoms with Crippen molar-refractivity contribution < 1.29 is 9.84 Å². The van der Waals surface area contributed by atoms with Crippen LogP contribution < -0.4 is 9.64 Å². The smallest absolute Gasteiger partial charge is 0.142 e. The highest BCUT2D eigenvalue weighted by molar-refractivity contribution is 7.99. The fourth-order valence-electron chi connectivity index (χ4n) is 3.12. The Bertz CT molecular complexity index is 645. The monoisotopic (exact) mass is 358 g/mol. The van der Waals surface area contributed by atoms with Crippen molar-refractivity contribution in [2.75, 3.05) is 50.5 Å². The fraction of sp³-hybridized carbons (Fsp3) is 0.400. The average Bonchev–Trinajstić information content (AvgIpc) is 2.68. The summed E-state index contributed by atoms with van der Waals surface area (Å²) in [7, 11) is 1.72. The van der Waals surface area contributed by atoms with E-state index in [1.807, 2.05) is 30.3 Å². The molecule has 134 valence electrons. The van der Waals surface area contributed by atoms with Gasteiger partial charge in [0.1, 0.15) is 5.75 Å². The van der Waals surface area contributed by atoms with E-state index in [0.29, 0.717) is 0 Å². The van der Waals surface area contributed by atoms with Crippen molar-refractivity contribution in [2.45, 2.75) is 11.0 Å². The standard InChI is InChI=1S/C20H26N2O2S/c1-24-20-10-6-5-9-19(20)22-13-11-21(12-14-22)15-17(23)16-25-18-7-3-2-4-8-18/h2-10,17,23H,11-16H2,1H3/t17-/m0/s1. The summed E-state index contributed by atoms with van der Waals surface area (Å²) in [5.41, 5.74) is 1.16. The molecule has 0 unspecified atom stereocenters. The Labute approximate surface area is 154 Å². The van der Waals surface area contributed by atoms with E-state index in [9.17, 15) is 5.11 Å². The van der Waals surface area contributed by atoms with E-state index in [1.165, 1.54) is 4.90 Å². The highest BCUT2D eigenvalue weighted by Crippen LogP contribution is 2.28. The van der Waals surface area contributed by atoms with E-state index >= 15 is 0 Å². The first kappa shape index (κ1) is 18.1. The SMILES string of the molecule is COc1ccccc1N1CCN(C[C@H](O)CSc2ccccc2)CC1. The number of aliphatic hydroxyl groups excluding tert-OH is 1. The molecule has 1 aliphatic heterocycles. The van der Waals surface area contributed by atoms with Crippen molar-refractivity contribution in [3.63, 3.8) is 0 Å². The molecule has 3 rings (SSSR count). The molecule has 4 nitrogen and oxygen atoms in total. The summed E-state index contributed by atoms with van der Waals surface area (Å²) >= 11 is 1.72. The van der Waals surface area contributed by atoms with Crippen LogP contribution >= 0.6 is 11.8 Å². The van der Waals surface area contributed by atoms with Crippen LogP contribution in [0.1, 0.15) is 0 Å². The number of thioether (sulfide) groups is 1. The van der Waals surface area contributed by atoms with Crippen LogP contribution in [0.3, 0.4) is 0 Å². The van der Waals surface area contributed by atoms with Crippen LogP contribution in [0.4, 0.5) is 5.69 Å². The van der Waals surface area contributed by atoms with Gasteiger partial charge in [-0.15, -0.1) is 11.8 Å². The molecule has 0 saturated carbocycles. The highest BCUT2D eigenvalue weighted by atomic mass is 32.2. The van der Waals surface area contributed by atoms with Gasteiger partial charge in [-0.05, 0) is 24.3 Å². The number of ether oxygens (including phenoxy) is 1. The second-order valence-corrected chi connectivity index (χ2v) is 7.33. The quantitative estimate of drug-likeness (QED) is 0.770. The van der Waals surface area contributed by atoms with Gasteiger partial charge in [0, 0.05) is 43.4 Å². The minimum Gasteiger partial charge on any atom is -0.495 e. The van der Waals surface area contributed by atoms with Gasteiger partial charge >= 0.3 is 0 Å². The topological polar surface area (TPSA) is 35.9 Å². The predicted octanol–water partition coefficient (Wildman–Crippen LogP) is 2.97. The van der Waals surface area contributed by atoms with Crippen LogP contribution in [-0.2, 0) is 0 Å². The summed E-state index contributed by atoms with van der Waals surface area (Å²) in [5, 5.41) is 10.3. The van der Waals surface area contributed by atoms with Crippen molar-refractivity contribution in [1.29, 1.82) is 0 Å². The first-order chi connectivity index (χ1) is 12.3. The van der Waals surface area contributed by atoms with Crippen LogP contribution in [0.2, 0.25) is 0 Å². The fourth-order valence-corrected chi connectivity index (χ4v) is 3.96. The van der Waals surface area contributed by atoms with E-state index in [4.69, 9.17) is 4.74 Å². The first-order valence-electron chi connectivity index (χ1n) is 8.72. The lowest BCUT2D eigenvalue weighted by Crippen LogP contribution is -2.49. The molecule has 1 heterocycles. The van der Waals surface area contributed by atoms with Gasteiger partial charge in [-0.1, -0.05) is 30.3 Å². The number of piperazine rings is 1. The number of aliphatic hydroxyl groups is 1. The van der Waals surface area contributed by atoms with Gasteiger partial charge in [-0.3, -0.25) is 4.90 Å². The largest absolute Gasteiger partial charge is 0.495 e. The number of hydrogen-bond donors (Lipinski definition) is 1. The summed E-state index contributed by atoms with van der Waals surface area (Å²) in [6.45, 7) is 4.58. The lowest BCUT2D eigenvalue weighted by molar-refractivity contribution is 0.126. The molecule has 1 fully saturated rings. The average molecular weight is 359 g/mol. The zero-order valence-corrected chi connectivity index (χ0v) is 15.5. The van der Waals surface area contributed by atoms with Crippen molar-refractivity contribution in [1.82, 2.24) is 4.90 Å². The third-order valence-corrected chi connectivity index (χ3v) is 5.61. The Morgan fingerprint density at radius 2 is 1.68 bits per heavy atom. The van der Waals surface area contributed by atoms with E-state index in [-0.39, 0.29) is 6.10 Å². The van der Waals surface area contributed by atoms with E-state index in [1.54, 1.807) is 18.9 Å². The minimum atomic E-state index is -0.303. The molecule has 5 heteroatoms. The number of β-amino-alcohol motifs (C(OH)–C–C–N with tert-alkyl or cyclic N) is 1. The van der Waals surface area contributed by atoms with Gasteiger partial charge in [0.2, 0.25) is 0 Å². The number of methoxy groups -OCH3 is 1. The Balaban J connectivity index is 1.44. The maximum atomic E-state index is 10.3. The number of hydrogen-bond acceptors (Lipinski definition) is 5. The Morgan fingerprint density at radius 3 is 2.40 bits per heavy atom. The molecule has 0 aromatic heterocycles. The molecule has 1 atom stereocenters. The lowest BCUT2D eigenvalue weighted by Gasteiger charge is -2.37. The van der Waals surface area contributed by atoms with Gasteiger partial charge < -0.3 is 14.7 Å². The summed E-state index contributed by atoms with van der Waals surface area (Å²) < 4.78 is 5.47. The number of anilines is 1. The second-order valence-electron chi connectivity index (χ2n) is 6.24. The second kappa shape index (κ2) is 9.13. The molecule has 25 heavy (non-hydrogen) atoms. The highest BCUT2D eigenvalue weighted by Gasteiger charge is 2.21. The number of para-hydroxylation sites is 2. The van der Waals surface area contributed by atoms with Gasteiger partial charge in [0.05, 0.1) is 18.9 Å². The van der Waals surface area contributed by atoms with Crippen molar-refractivity contribution in [3.8, 4) is 5.75 Å². The number of nitrogens with zero attached hydrogens (tertiary/aromatic N) is 2. The van der Waals surface area contributed by atoms with Crippen LogP contribution in [0, 0.1) is 0 Å². The normalized spacial score (nSPS) is 16.6. The Kier molecular flexibility index (Phi) is 6.62. The molecule has 0 radical (unpaired) electrons. The number of benzene rings is 2. The van der Waals surface area contributed by atoms with Crippen molar-refractivity contribution >= 4 is 17.4 Å². The molecule has 1 saturated heterocycles. The van der Waals surface area contributed by atoms with Gasteiger partial charge in [0.25, 0.3) is 0 Å². The molecule has 0 aliphatic carbocycles. The molecule has 0 spiro atoms. The Morgan fingerprint density at radius 1 is 1.00 bits per heavy atom. The maximum absolute atomic E-state index is 10.3. The van der Waals surface area contributed by atoms with Crippen LogP contribution in [0.5, 0.6) is 5.75 Å². The van der Waals surface area contributed by atoms with Gasteiger partial charge in [-0.2, -0.15) is 0 Å². The maximum Gasteiger partial charge on any atom is 0.142 e. The summed E-state index contributed by atoms with van der Waals surface area (Å²) in [4.78, 5) is 5.92. The number of rotatable bonds is 7. The molecule has 1 N–H and O–H groups in total. The molecular weight excluding hydrogens is 332 g/mol. The molecule has 0 amide bonds. The molecule has 0 bridgehead atoms. The van der Waals surface area contributed by atoms with Crippen LogP contribution in [0.15, 0.2) is 59.5 Å². The van der Waals surface area contributed by atoms with Crippen molar-refractivity contribution in [2.24, 2.45) is 0 Å². The van der Waals surface area contributed by atoms with E-state index in [0.717, 1.165) is 49.9 Å². The summed E-state index contributed by atoms with van der Waals surface area (Å²) in [5.74, 6) is 1.66. The molecule has 2 aromatic rings. The van der Waals surface area contributed by atoms with E-state index in [2.05, 4.69) is 34.1 Å². The van der Waals surface area contributed by atoms with Gasteiger partial charge in [-0.25, -0.2) is 0 Å². The van der Waals surface area contributed by atoms with Gasteiger partial charge in [0.15, 0.2) is 0 Å².